The third-order valence-corrected chi connectivity index (χ3v) is 5.84. The van der Waals surface area contributed by atoms with E-state index in [1.165, 1.54) is 4.90 Å². The van der Waals surface area contributed by atoms with Crippen LogP contribution in [0.5, 0.6) is 5.75 Å². The van der Waals surface area contributed by atoms with Crippen LogP contribution in [0.1, 0.15) is 39.4 Å². The number of para-hydroxylation sites is 1. The molecule has 1 amide bonds. The van der Waals surface area contributed by atoms with E-state index in [2.05, 4.69) is 0 Å². The summed E-state index contributed by atoms with van der Waals surface area (Å²) in [5.41, 5.74) is 1.78. The molecule has 2 atom stereocenters. The number of aliphatic hydroxyl groups excluding tert-OH is 1. The number of β-amino-alcohol motifs (C(OH)–C–C–N with tert-alkyl or cyclic N) is 1. The number of ether oxygens (including phenoxy) is 1. The van der Waals surface area contributed by atoms with E-state index < -0.39 is 18.1 Å². The van der Waals surface area contributed by atoms with Crippen LogP contribution in [0.25, 0.3) is 11.0 Å². The fraction of sp³-hybridized carbons (Fsp3) is 0.154. The van der Waals surface area contributed by atoms with Gasteiger partial charge in [0.2, 0.25) is 5.76 Å². The molecule has 0 saturated carbocycles. The van der Waals surface area contributed by atoms with Crippen molar-refractivity contribution in [3.8, 4) is 5.75 Å². The van der Waals surface area contributed by atoms with Gasteiger partial charge in [0.25, 0.3) is 5.91 Å². The van der Waals surface area contributed by atoms with E-state index in [1.54, 1.807) is 55.6 Å². The fourth-order valence-electron chi connectivity index (χ4n) is 4.28. The third kappa shape index (κ3) is 3.25. The molecule has 160 valence electrons. The van der Waals surface area contributed by atoms with Crippen molar-refractivity contribution in [3.05, 3.63) is 112 Å². The zero-order valence-electron chi connectivity index (χ0n) is 17.4. The summed E-state index contributed by atoms with van der Waals surface area (Å²) in [7, 11) is 1.56. The summed E-state index contributed by atoms with van der Waals surface area (Å²) in [4.78, 5) is 28.4. The van der Waals surface area contributed by atoms with Crippen LogP contribution in [0.15, 0.2) is 88.1 Å². The number of benzene rings is 3. The maximum Gasteiger partial charge on any atom is 0.291 e. The van der Waals surface area contributed by atoms with Crippen LogP contribution in [0.4, 0.5) is 0 Å². The van der Waals surface area contributed by atoms with Gasteiger partial charge in [-0.2, -0.15) is 0 Å². The number of hydrogen-bond acceptors (Lipinski definition) is 5. The minimum atomic E-state index is -0.924. The Morgan fingerprint density at radius 3 is 2.53 bits per heavy atom. The maximum atomic E-state index is 13.5. The van der Waals surface area contributed by atoms with Crippen LogP contribution in [-0.2, 0) is 0 Å². The Labute approximate surface area is 184 Å². The molecular weight excluding hydrogens is 406 g/mol. The van der Waals surface area contributed by atoms with E-state index in [-0.39, 0.29) is 23.3 Å². The molecule has 32 heavy (non-hydrogen) atoms. The lowest BCUT2D eigenvalue weighted by atomic mass is 9.98. The number of hydrogen-bond donors (Lipinski definition) is 1. The second kappa shape index (κ2) is 7.98. The van der Waals surface area contributed by atoms with Crippen LogP contribution in [-0.4, -0.2) is 29.6 Å². The monoisotopic (exact) mass is 427 g/mol. The first kappa shape index (κ1) is 20.0. The van der Waals surface area contributed by atoms with Gasteiger partial charge < -0.3 is 19.2 Å². The van der Waals surface area contributed by atoms with E-state index in [0.29, 0.717) is 27.8 Å². The van der Waals surface area contributed by atoms with Gasteiger partial charge in [0, 0.05) is 0 Å². The second-order valence-corrected chi connectivity index (χ2v) is 7.73. The summed E-state index contributed by atoms with van der Waals surface area (Å²) in [6, 6.07) is 22.6. The quantitative estimate of drug-likeness (QED) is 0.519. The molecule has 1 aliphatic heterocycles. The Hall–Kier alpha value is -3.90. The molecule has 5 rings (SSSR count). The minimum absolute atomic E-state index is 0.00467. The highest BCUT2D eigenvalue weighted by Gasteiger charge is 2.43. The number of rotatable bonds is 5. The van der Waals surface area contributed by atoms with Gasteiger partial charge in [0.15, 0.2) is 5.43 Å². The smallest absolute Gasteiger partial charge is 0.291 e. The zero-order chi connectivity index (χ0) is 22.2. The number of nitrogens with zero attached hydrogens (tertiary/aromatic N) is 1. The van der Waals surface area contributed by atoms with Crippen LogP contribution < -0.4 is 10.2 Å². The third-order valence-electron chi connectivity index (χ3n) is 5.84. The van der Waals surface area contributed by atoms with Crippen molar-refractivity contribution in [1.82, 2.24) is 4.90 Å². The lowest BCUT2D eigenvalue weighted by molar-refractivity contribution is 0.0583. The van der Waals surface area contributed by atoms with Crippen molar-refractivity contribution in [2.45, 2.75) is 12.1 Å². The highest BCUT2D eigenvalue weighted by molar-refractivity contribution is 5.99. The average molecular weight is 427 g/mol. The van der Waals surface area contributed by atoms with Crippen LogP contribution in [0.3, 0.4) is 0 Å². The van der Waals surface area contributed by atoms with Gasteiger partial charge in [-0.25, -0.2) is 0 Å². The first-order valence-corrected chi connectivity index (χ1v) is 10.3. The Balaban J connectivity index is 1.68. The summed E-state index contributed by atoms with van der Waals surface area (Å²) in [6.45, 7) is 0.00467. The van der Waals surface area contributed by atoms with Gasteiger partial charge in [0.1, 0.15) is 11.3 Å². The number of carbonyl (C=O) groups excluding carboxylic acids is 1. The number of amides is 1. The molecule has 1 aromatic heterocycles. The van der Waals surface area contributed by atoms with Gasteiger partial charge in [0.05, 0.1) is 36.8 Å². The normalized spacial score (nSPS) is 16.2. The van der Waals surface area contributed by atoms with Crippen molar-refractivity contribution in [1.29, 1.82) is 0 Å². The number of fused-ring (bicyclic) bond motifs is 2. The molecule has 1 N–H and O–H groups in total. The number of aliphatic hydroxyl groups is 1. The second-order valence-electron chi connectivity index (χ2n) is 7.73. The topological polar surface area (TPSA) is 80.0 Å². The lowest BCUT2D eigenvalue weighted by Crippen LogP contribution is -2.33. The zero-order valence-corrected chi connectivity index (χ0v) is 17.4. The van der Waals surface area contributed by atoms with Gasteiger partial charge >= 0.3 is 0 Å². The molecule has 2 unspecified atom stereocenters. The molecule has 0 fully saturated rings. The molecule has 2 heterocycles. The predicted molar refractivity (Wildman–Crippen MR) is 120 cm³/mol. The fourth-order valence-corrected chi connectivity index (χ4v) is 4.28. The SMILES string of the molecule is COc1cccc(C2c3c(oc4ccccc4c3=O)C(=O)N2CC(O)c2ccccc2)c1. The van der Waals surface area contributed by atoms with Gasteiger partial charge in [-0.05, 0) is 35.4 Å². The Bertz CT molecular complexity index is 1360. The lowest BCUT2D eigenvalue weighted by Gasteiger charge is -2.27. The van der Waals surface area contributed by atoms with E-state index >= 15 is 0 Å². The summed E-state index contributed by atoms with van der Waals surface area (Å²) >= 11 is 0. The summed E-state index contributed by atoms with van der Waals surface area (Å²) < 4.78 is 11.3. The van der Waals surface area contributed by atoms with Crippen molar-refractivity contribution < 1.29 is 19.1 Å². The predicted octanol–water partition coefficient (Wildman–Crippen LogP) is 4.08. The Kier molecular flexibility index (Phi) is 4.99. The molecule has 6 nitrogen and oxygen atoms in total. The van der Waals surface area contributed by atoms with Crippen molar-refractivity contribution in [2.24, 2.45) is 0 Å². The van der Waals surface area contributed by atoms with Crippen LogP contribution in [0, 0.1) is 0 Å². The molecule has 4 aromatic rings. The van der Waals surface area contributed by atoms with Gasteiger partial charge in [-0.15, -0.1) is 0 Å². The van der Waals surface area contributed by atoms with Crippen molar-refractivity contribution in [3.63, 3.8) is 0 Å². The Morgan fingerprint density at radius 1 is 1.00 bits per heavy atom. The first-order chi connectivity index (χ1) is 15.6. The highest BCUT2D eigenvalue weighted by Crippen LogP contribution is 2.40. The standard InChI is InChI=1S/C26H21NO5/c1-31-18-11-7-10-17(14-18)23-22-24(29)19-12-5-6-13-21(19)32-25(22)26(30)27(23)15-20(28)16-8-3-2-4-9-16/h2-14,20,23,28H,15H2,1H3. The van der Waals surface area contributed by atoms with Gasteiger partial charge in [-0.3, -0.25) is 9.59 Å². The van der Waals surface area contributed by atoms with Crippen molar-refractivity contribution >= 4 is 16.9 Å². The van der Waals surface area contributed by atoms with E-state index in [0.717, 1.165) is 0 Å². The van der Waals surface area contributed by atoms with E-state index in [4.69, 9.17) is 9.15 Å². The highest BCUT2D eigenvalue weighted by atomic mass is 16.5. The number of carbonyl (C=O) groups is 1. The number of methoxy groups -OCH3 is 1. The molecule has 1 aliphatic rings. The Morgan fingerprint density at radius 2 is 1.75 bits per heavy atom. The molecule has 0 bridgehead atoms. The van der Waals surface area contributed by atoms with Gasteiger partial charge in [-0.1, -0.05) is 54.6 Å². The first-order valence-electron chi connectivity index (χ1n) is 10.3. The largest absolute Gasteiger partial charge is 0.497 e. The molecule has 0 spiro atoms. The molecule has 0 aliphatic carbocycles. The van der Waals surface area contributed by atoms with E-state index in [9.17, 15) is 14.7 Å². The molecule has 6 heteroatoms. The van der Waals surface area contributed by atoms with Crippen LogP contribution in [0.2, 0.25) is 0 Å². The molecule has 0 saturated heterocycles. The summed E-state index contributed by atoms with van der Waals surface area (Å²) in [6.07, 6.45) is -0.924. The average Bonchev–Trinajstić information content (AvgIpc) is 3.11. The summed E-state index contributed by atoms with van der Waals surface area (Å²) in [5.74, 6) is 0.199. The minimum Gasteiger partial charge on any atom is -0.497 e. The maximum absolute atomic E-state index is 13.5. The van der Waals surface area contributed by atoms with Crippen molar-refractivity contribution in [2.75, 3.05) is 13.7 Å². The molecular formula is C26H21NO5. The molecule has 3 aromatic carbocycles. The van der Waals surface area contributed by atoms with E-state index in [1.807, 2.05) is 30.3 Å². The summed E-state index contributed by atoms with van der Waals surface area (Å²) in [5, 5.41) is 11.3. The molecule has 0 radical (unpaired) electrons. The van der Waals surface area contributed by atoms with Crippen LogP contribution >= 0.6 is 0 Å².